The predicted octanol–water partition coefficient (Wildman–Crippen LogP) is 3.35. The quantitative estimate of drug-likeness (QED) is 0.447. The van der Waals surface area contributed by atoms with Gasteiger partial charge in [-0.3, -0.25) is 4.79 Å². The summed E-state index contributed by atoms with van der Waals surface area (Å²) in [5, 5.41) is 10.2. The van der Waals surface area contributed by atoms with Crippen LogP contribution in [0.4, 0.5) is 5.82 Å². The van der Waals surface area contributed by atoms with Crippen LogP contribution < -0.4 is 20.9 Å². The van der Waals surface area contributed by atoms with E-state index in [4.69, 9.17) is 4.99 Å². The van der Waals surface area contributed by atoms with E-state index in [1.165, 1.54) is 31.2 Å². The second-order valence-corrected chi connectivity index (χ2v) is 9.61. The molecule has 3 fully saturated rings. The van der Waals surface area contributed by atoms with E-state index in [0.29, 0.717) is 18.6 Å². The molecule has 3 aliphatic rings. The number of aliphatic imine (C=N–C) groups is 1. The Morgan fingerprint density at radius 3 is 2.62 bits per heavy atom. The Morgan fingerprint density at radius 2 is 1.88 bits per heavy atom. The molecular weight excluding hydrogens is 400 g/mol. The summed E-state index contributed by atoms with van der Waals surface area (Å²) in [6, 6.07) is 4.99. The second kappa shape index (κ2) is 11.5. The van der Waals surface area contributed by atoms with E-state index in [-0.39, 0.29) is 11.8 Å². The minimum atomic E-state index is 0.126. The molecule has 1 aromatic heterocycles. The third-order valence-electron chi connectivity index (χ3n) is 6.81. The smallest absolute Gasteiger partial charge is 0.223 e. The first-order valence-electron chi connectivity index (χ1n) is 12.8. The molecule has 0 bridgehead atoms. The highest BCUT2D eigenvalue weighted by atomic mass is 16.2. The molecule has 1 amide bonds. The van der Waals surface area contributed by atoms with E-state index in [1.54, 1.807) is 0 Å². The van der Waals surface area contributed by atoms with Crippen molar-refractivity contribution >= 4 is 17.7 Å². The lowest BCUT2D eigenvalue weighted by Gasteiger charge is -2.30. The Labute approximate surface area is 192 Å². The van der Waals surface area contributed by atoms with Crippen LogP contribution in [-0.4, -0.2) is 48.6 Å². The lowest BCUT2D eigenvalue weighted by molar-refractivity contribution is -0.126. The van der Waals surface area contributed by atoms with Gasteiger partial charge in [-0.25, -0.2) is 9.98 Å². The molecule has 32 heavy (non-hydrogen) atoms. The van der Waals surface area contributed by atoms with Gasteiger partial charge in [0.2, 0.25) is 5.91 Å². The number of anilines is 1. The summed E-state index contributed by atoms with van der Waals surface area (Å²) in [4.78, 5) is 24.4. The number of hydrogen-bond acceptors (Lipinski definition) is 4. The lowest BCUT2D eigenvalue weighted by atomic mass is 9.85. The maximum atomic E-state index is 12.5. The summed E-state index contributed by atoms with van der Waals surface area (Å²) in [6.45, 7) is 5.73. The average Bonchev–Trinajstić information content (AvgIpc) is 3.65. The van der Waals surface area contributed by atoms with Gasteiger partial charge in [-0.2, -0.15) is 0 Å². The lowest BCUT2D eigenvalue weighted by Crippen LogP contribution is -2.47. The van der Waals surface area contributed by atoms with Gasteiger partial charge < -0.3 is 20.9 Å². The Morgan fingerprint density at radius 1 is 1.06 bits per heavy atom. The van der Waals surface area contributed by atoms with E-state index < -0.39 is 0 Å². The fourth-order valence-electron chi connectivity index (χ4n) is 4.82. The van der Waals surface area contributed by atoms with Crippen LogP contribution in [0.5, 0.6) is 0 Å². The molecule has 4 rings (SSSR count). The number of rotatable bonds is 7. The number of nitrogens with zero attached hydrogens (tertiary/aromatic N) is 3. The predicted molar refractivity (Wildman–Crippen MR) is 130 cm³/mol. The van der Waals surface area contributed by atoms with Crippen molar-refractivity contribution in [2.24, 2.45) is 10.9 Å². The summed E-state index contributed by atoms with van der Waals surface area (Å²) >= 11 is 0. The van der Waals surface area contributed by atoms with Crippen molar-refractivity contribution in [3.05, 3.63) is 23.9 Å². The number of aromatic nitrogens is 1. The summed E-state index contributed by atoms with van der Waals surface area (Å²) in [5.74, 6) is 2.29. The number of amides is 1. The van der Waals surface area contributed by atoms with Crippen LogP contribution in [0.25, 0.3) is 0 Å². The summed E-state index contributed by atoms with van der Waals surface area (Å²) in [6.07, 6.45) is 13.4. The molecule has 7 heteroatoms. The maximum Gasteiger partial charge on any atom is 0.223 e. The minimum Gasteiger partial charge on any atom is -0.357 e. The van der Waals surface area contributed by atoms with E-state index >= 15 is 0 Å². The first-order valence-corrected chi connectivity index (χ1v) is 12.8. The third-order valence-corrected chi connectivity index (χ3v) is 6.81. The van der Waals surface area contributed by atoms with Crippen LogP contribution in [0.3, 0.4) is 0 Å². The van der Waals surface area contributed by atoms with Crippen molar-refractivity contribution in [1.29, 1.82) is 0 Å². The third kappa shape index (κ3) is 6.84. The first kappa shape index (κ1) is 22.9. The zero-order chi connectivity index (χ0) is 22.2. The van der Waals surface area contributed by atoms with E-state index in [2.05, 4.69) is 44.9 Å². The Balaban J connectivity index is 1.34. The van der Waals surface area contributed by atoms with Crippen molar-refractivity contribution in [3.63, 3.8) is 0 Å². The van der Waals surface area contributed by atoms with Crippen molar-refractivity contribution in [3.8, 4) is 0 Å². The average molecular weight is 441 g/mol. The minimum absolute atomic E-state index is 0.126. The van der Waals surface area contributed by atoms with Gasteiger partial charge in [-0.1, -0.05) is 19.3 Å². The van der Waals surface area contributed by atoms with Crippen molar-refractivity contribution in [2.75, 3.05) is 24.5 Å². The van der Waals surface area contributed by atoms with Gasteiger partial charge in [-0.05, 0) is 69.6 Å². The number of carbonyl (C=O) groups is 1. The summed E-state index contributed by atoms with van der Waals surface area (Å²) < 4.78 is 0. The number of nitrogens with one attached hydrogen (secondary N) is 3. The van der Waals surface area contributed by atoms with E-state index in [9.17, 15) is 4.79 Å². The molecule has 2 heterocycles. The normalized spacial score (nSPS) is 24.5. The van der Waals surface area contributed by atoms with Crippen molar-refractivity contribution in [2.45, 2.75) is 89.8 Å². The Hall–Kier alpha value is -2.31. The molecule has 2 saturated carbocycles. The van der Waals surface area contributed by atoms with Gasteiger partial charge in [-0.15, -0.1) is 0 Å². The number of carbonyl (C=O) groups excluding carboxylic acids is 1. The fraction of sp³-hybridized carbons (Fsp3) is 0.720. The molecule has 2 aliphatic carbocycles. The summed E-state index contributed by atoms with van der Waals surface area (Å²) in [5.41, 5.74) is 1.18. The second-order valence-electron chi connectivity index (χ2n) is 9.61. The zero-order valence-electron chi connectivity index (χ0n) is 19.6. The maximum absolute atomic E-state index is 12.5. The van der Waals surface area contributed by atoms with Gasteiger partial charge in [0.1, 0.15) is 5.82 Å². The largest absolute Gasteiger partial charge is 0.357 e. The molecule has 1 aliphatic heterocycles. The number of guanidine groups is 1. The molecular formula is C25H40N6O. The molecule has 2 atom stereocenters. The van der Waals surface area contributed by atoms with Gasteiger partial charge in [0.15, 0.2) is 5.96 Å². The first-order chi connectivity index (χ1) is 15.7. The number of hydrogen-bond donors (Lipinski definition) is 3. The number of pyridine rings is 1. The Bertz CT molecular complexity index is 769. The molecule has 0 spiro atoms. The monoisotopic (exact) mass is 440 g/mol. The zero-order valence-corrected chi connectivity index (χ0v) is 19.6. The van der Waals surface area contributed by atoms with Crippen LogP contribution >= 0.6 is 0 Å². The topological polar surface area (TPSA) is 81.7 Å². The molecule has 1 aromatic rings. The van der Waals surface area contributed by atoms with Gasteiger partial charge >= 0.3 is 0 Å². The van der Waals surface area contributed by atoms with Crippen molar-refractivity contribution < 1.29 is 4.79 Å². The van der Waals surface area contributed by atoms with Crippen molar-refractivity contribution in [1.82, 2.24) is 20.9 Å². The van der Waals surface area contributed by atoms with Crippen LogP contribution in [0.2, 0.25) is 0 Å². The Kier molecular flexibility index (Phi) is 8.24. The van der Waals surface area contributed by atoms with Crippen LogP contribution in [0.1, 0.15) is 76.7 Å². The molecule has 1 saturated heterocycles. The molecule has 2 unspecified atom stereocenters. The molecule has 0 radical (unpaired) electrons. The molecule has 0 aromatic carbocycles. The molecule has 176 valence electrons. The van der Waals surface area contributed by atoms with E-state index in [0.717, 1.165) is 69.9 Å². The van der Waals surface area contributed by atoms with Gasteiger partial charge in [0, 0.05) is 43.8 Å². The highest BCUT2D eigenvalue weighted by Gasteiger charge is 2.31. The van der Waals surface area contributed by atoms with Gasteiger partial charge in [0.05, 0.1) is 6.54 Å². The SMILES string of the molecule is CCNC(=NCc1ccnc(N2CCCCCC2)c1)NC1CCCC(C(=O)NC2CC2)C1. The van der Waals surface area contributed by atoms with E-state index in [1.807, 2.05) is 6.20 Å². The highest BCUT2D eigenvalue weighted by molar-refractivity contribution is 5.81. The van der Waals surface area contributed by atoms with Crippen LogP contribution in [-0.2, 0) is 11.3 Å². The standard InChI is InChI=1S/C25H40N6O/c1-2-26-25(30-22-9-7-8-20(17-22)24(32)29-21-10-11-21)28-18-19-12-13-27-23(16-19)31-14-5-3-4-6-15-31/h12-13,16,20-22H,2-11,14-15,17-18H2,1H3,(H,29,32)(H2,26,28,30). The summed E-state index contributed by atoms with van der Waals surface area (Å²) in [7, 11) is 0. The van der Waals surface area contributed by atoms with Crippen LogP contribution in [0, 0.1) is 5.92 Å². The fourth-order valence-corrected chi connectivity index (χ4v) is 4.82. The molecule has 7 nitrogen and oxygen atoms in total. The van der Waals surface area contributed by atoms with Crippen LogP contribution in [0.15, 0.2) is 23.3 Å². The van der Waals surface area contributed by atoms with Gasteiger partial charge in [0.25, 0.3) is 0 Å². The highest BCUT2D eigenvalue weighted by Crippen LogP contribution is 2.27. The molecule has 3 N–H and O–H groups in total.